The smallest absolute Gasteiger partial charge is 0.289 e. The molecular formula is C26H20F6O3P+. The quantitative estimate of drug-likeness (QED) is 0.184. The molecule has 36 heavy (non-hydrogen) atoms. The summed E-state index contributed by atoms with van der Waals surface area (Å²) in [5, 5.41) is -0.202. The summed E-state index contributed by atoms with van der Waals surface area (Å²) in [7, 11) is -3.44. The highest BCUT2D eigenvalue weighted by molar-refractivity contribution is 7.71. The molecule has 0 aliphatic carbocycles. The third-order valence-corrected chi connectivity index (χ3v) is 7.21. The molecule has 0 N–H and O–H groups in total. The van der Waals surface area contributed by atoms with E-state index in [-0.39, 0.29) is 34.8 Å². The van der Waals surface area contributed by atoms with Crippen LogP contribution in [0.15, 0.2) is 60.7 Å². The van der Waals surface area contributed by atoms with Crippen molar-refractivity contribution in [3.05, 3.63) is 99.6 Å². The molecule has 0 spiro atoms. The molecule has 0 aromatic heterocycles. The number of rotatable bonds is 7. The van der Waals surface area contributed by atoms with Gasteiger partial charge in [-0.05, 0) is 25.0 Å². The van der Waals surface area contributed by atoms with Crippen molar-refractivity contribution < 1.29 is 40.5 Å². The van der Waals surface area contributed by atoms with Crippen molar-refractivity contribution in [2.45, 2.75) is 39.0 Å². The normalized spacial score (nSPS) is 12.4. The van der Waals surface area contributed by atoms with Crippen LogP contribution < -0.4 is 5.30 Å². The maximum absolute atomic E-state index is 13.6. The molecule has 3 rings (SSSR count). The molecule has 0 amide bonds. The zero-order chi connectivity index (χ0) is 26.8. The Morgan fingerprint density at radius 3 is 1.78 bits per heavy atom. The van der Waals surface area contributed by atoms with Crippen LogP contribution in [0.2, 0.25) is 0 Å². The third-order valence-electron chi connectivity index (χ3n) is 5.66. The highest BCUT2D eigenvalue weighted by atomic mass is 31.1. The van der Waals surface area contributed by atoms with Crippen molar-refractivity contribution in [1.82, 2.24) is 0 Å². The molecule has 0 saturated heterocycles. The van der Waals surface area contributed by atoms with Gasteiger partial charge in [0.25, 0.3) is 0 Å². The van der Waals surface area contributed by atoms with Crippen molar-refractivity contribution in [3.8, 4) is 0 Å². The number of ketones is 1. The molecule has 1 unspecified atom stereocenters. The van der Waals surface area contributed by atoms with E-state index in [4.69, 9.17) is 0 Å². The molecule has 3 aromatic rings. The average Bonchev–Trinajstić information content (AvgIpc) is 2.85. The molecule has 0 bridgehead atoms. The Bertz CT molecular complexity index is 1300. The van der Waals surface area contributed by atoms with E-state index < -0.39 is 48.2 Å². The van der Waals surface area contributed by atoms with E-state index in [1.165, 1.54) is 24.3 Å². The van der Waals surface area contributed by atoms with Gasteiger partial charge in [-0.1, -0.05) is 66.9 Å². The summed E-state index contributed by atoms with van der Waals surface area (Å²) in [4.78, 5) is 26.3. The van der Waals surface area contributed by atoms with Crippen molar-refractivity contribution in [1.29, 1.82) is 0 Å². The van der Waals surface area contributed by atoms with Crippen molar-refractivity contribution in [2.75, 3.05) is 0 Å². The van der Waals surface area contributed by atoms with Crippen LogP contribution in [0.25, 0.3) is 0 Å². The lowest BCUT2D eigenvalue weighted by molar-refractivity contribution is -0.143. The van der Waals surface area contributed by atoms with Gasteiger partial charge in [0.1, 0.15) is 0 Å². The Kier molecular flexibility index (Phi) is 7.84. The van der Waals surface area contributed by atoms with E-state index in [0.717, 1.165) is 0 Å². The summed E-state index contributed by atoms with van der Waals surface area (Å²) in [5.41, 5.74) is -6.32. The molecule has 0 aliphatic heterocycles. The summed E-state index contributed by atoms with van der Waals surface area (Å²) < 4.78 is 95.3. The first-order valence-electron chi connectivity index (χ1n) is 10.9. The zero-order valence-electron chi connectivity index (χ0n) is 19.1. The Hall–Kier alpha value is -3.32. The molecule has 3 aromatic carbocycles. The van der Waals surface area contributed by atoms with Crippen LogP contribution in [-0.4, -0.2) is 11.3 Å². The van der Waals surface area contributed by atoms with Gasteiger partial charge in [0.2, 0.25) is 5.30 Å². The van der Waals surface area contributed by atoms with Gasteiger partial charge in [-0.25, -0.2) is 4.79 Å². The molecule has 0 fully saturated rings. The second-order valence-electron chi connectivity index (χ2n) is 7.82. The van der Waals surface area contributed by atoms with Crippen molar-refractivity contribution >= 4 is 24.4 Å². The van der Waals surface area contributed by atoms with Gasteiger partial charge in [-0.3, -0.25) is 4.79 Å². The number of alkyl halides is 6. The van der Waals surface area contributed by atoms with E-state index in [0.29, 0.717) is 23.8 Å². The van der Waals surface area contributed by atoms with Crippen LogP contribution in [0.5, 0.6) is 0 Å². The molecule has 188 valence electrons. The van der Waals surface area contributed by atoms with Crippen LogP contribution in [-0.2, 0) is 29.8 Å². The lowest BCUT2D eigenvalue weighted by atomic mass is 9.94. The number of halogens is 6. The van der Waals surface area contributed by atoms with E-state index in [9.17, 15) is 40.5 Å². The first-order chi connectivity index (χ1) is 16.8. The van der Waals surface area contributed by atoms with Gasteiger partial charge in [-0.15, -0.1) is 0 Å². The Labute approximate surface area is 203 Å². The molecule has 10 heteroatoms. The number of benzene rings is 3. The first kappa shape index (κ1) is 27.3. The largest absolute Gasteiger partial charge is 0.459 e. The van der Waals surface area contributed by atoms with Crippen molar-refractivity contribution in [3.63, 3.8) is 0 Å². The van der Waals surface area contributed by atoms with Gasteiger partial charge in [0.05, 0.1) is 16.7 Å². The summed E-state index contributed by atoms with van der Waals surface area (Å²) in [6, 6.07) is 12.1. The molecule has 0 saturated carbocycles. The minimum atomic E-state index is -5.30. The number of hydrogen-bond acceptors (Lipinski definition) is 3. The van der Waals surface area contributed by atoms with Crippen molar-refractivity contribution in [2.24, 2.45) is 0 Å². The molecular weight excluding hydrogens is 505 g/mol. The van der Waals surface area contributed by atoms with Crippen LogP contribution in [0.1, 0.15) is 62.4 Å². The third kappa shape index (κ3) is 5.26. The zero-order valence-corrected chi connectivity index (χ0v) is 20.0. The number of aryl methyl sites for hydroxylation is 1. The maximum atomic E-state index is 13.6. The summed E-state index contributed by atoms with van der Waals surface area (Å²) >= 11 is 0. The number of carbonyl (C=O) groups is 2. The van der Waals surface area contributed by atoms with E-state index in [2.05, 4.69) is 0 Å². The number of hydrogen-bond donors (Lipinski definition) is 0. The Morgan fingerprint density at radius 1 is 0.750 bits per heavy atom. The second kappa shape index (κ2) is 10.3. The minimum Gasteiger partial charge on any atom is -0.289 e. The highest BCUT2D eigenvalue weighted by Gasteiger charge is 2.49. The molecule has 0 radical (unpaired) electrons. The summed E-state index contributed by atoms with van der Waals surface area (Å²) in [6.07, 6.45) is -10.3. The highest BCUT2D eigenvalue weighted by Crippen LogP contribution is 2.43. The predicted molar refractivity (Wildman–Crippen MR) is 123 cm³/mol. The van der Waals surface area contributed by atoms with E-state index in [1.54, 1.807) is 32.0 Å². The first-order valence-corrected chi connectivity index (χ1v) is 12.1. The molecule has 3 nitrogen and oxygen atoms in total. The Morgan fingerprint density at radius 2 is 1.31 bits per heavy atom. The fourth-order valence-electron chi connectivity index (χ4n) is 4.00. The lowest BCUT2D eigenvalue weighted by Gasteiger charge is -2.15. The van der Waals surface area contributed by atoms with Gasteiger partial charge in [-0.2, -0.15) is 26.3 Å². The summed E-state index contributed by atoms with van der Waals surface area (Å²) in [5.74, 6) is -0.473. The minimum absolute atomic E-state index is 0.0679. The number of carbonyl (C=O) groups excluding carboxylic acids is 2. The van der Waals surface area contributed by atoms with Crippen LogP contribution in [0.3, 0.4) is 0 Å². The standard InChI is InChI=1S/C26H20F6O3P/c1-3-15-13-14-18(22(33)16-9-6-5-7-10-16)17(4-2)23(15)36(35)24(34)21-19(25(27,28)29)11-8-12-20(21)26(30,31)32/h5-14H,3-4H2,1-2H3/q+1. The van der Waals surface area contributed by atoms with E-state index >= 15 is 0 Å². The SMILES string of the molecule is CCc1ccc(C(=O)c2ccccc2)c(CC)c1[P+](=O)C(=O)c1c(C(F)(F)F)cccc1C(F)(F)F. The van der Waals surface area contributed by atoms with Gasteiger partial charge >= 0.3 is 25.7 Å². The van der Waals surface area contributed by atoms with Gasteiger partial charge in [0.15, 0.2) is 5.78 Å². The van der Waals surface area contributed by atoms with Crippen LogP contribution in [0.4, 0.5) is 26.3 Å². The van der Waals surface area contributed by atoms with Gasteiger partial charge in [0, 0.05) is 22.3 Å². The lowest BCUT2D eigenvalue weighted by Crippen LogP contribution is -2.23. The fraction of sp³-hybridized carbons (Fsp3) is 0.231. The monoisotopic (exact) mass is 525 g/mol. The maximum Gasteiger partial charge on any atom is 0.459 e. The fourth-order valence-corrected chi connectivity index (χ4v) is 5.66. The second-order valence-corrected chi connectivity index (χ2v) is 9.27. The molecule has 0 heterocycles. The summed E-state index contributed by atoms with van der Waals surface area (Å²) in [6.45, 7) is 3.23. The van der Waals surface area contributed by atoms with Crippen LogP contribution >= 0.6 is 7.80 Å². The predicted octanol–water partition coefficient (Wildman–Crippen LogP) is 7.37. The topological polar surface area (TPSA) is 51.2 Å². The van der Waals surface area contributed by atoms with Crippen LogP contribution in [0, 0.1) is 0 Å². The molecule has 0 aliphatic rings. The van der Waals surface area contributed by atoms with Gasteiger partial charge < -0.3 is 0 Å². The Balaban J connectivity index is 2.27. The average molecular weight is 525 g/mol. The van der Waals surface area contributed by atoms with E-state index in [1.807, 2.05) is 0 Å². The molecule has 1 atom stereocenters.